The second-order valence-electron chi connectivity index (χ2n) is 3.30. The number of rotatable bonds is 2. The molecule has 0 N–H and O–H groups in total. The van der Waals surface area contributed by atoms with Crippen molar-refractivity contribution in [3.63, 3.8) is 0 Å². The first-order valence-corrected chi connectivity index (χ1v) is 4.85. The zero-order valence-corrected chi connectivity index (χ0v) is 8.50. The topological polar surface area (TPSA) is 9.23 Å². The van der Waals surface area contributed by atoms with E-state index in [9.17, 15) is 0 Å². The second-order valence-corrected chi connectivity index (χ2v) is 3.30. The molecule has 0 amide bonds. The molecular weight excluding hydrogens is 172 g/mol. The van der Waals surface area contributed by atoms with Crippen LogP contribution in [0.5, 0.6) is 5.75 Å². The van der Waals surface area contributed by atoms with Crippen LogP contribution in [0, 0.1) is 13.0 Å². The first-order valence-electron chi connectivity index (χ1n) is 4.85. The third-order valence-electron chi connectivity index (χ3n) is 2.23. The molecule has 0 unspecified atom stereocenters. The van der Waals surface area contributed by atoms with Crippen molar-refractivity contribution in [2.75, 3.05) is 6.61 Å². The van der Waals surface area contributed by atoms with Crippen molar-refractivity contribution in [3.05, 3.63) is 42.0 Å². The highest BCUT2D eigenvalue weighted by molar-refractivity contribution is 5.84. The van der Waals surface area contributed by atoms with Gasteiger partial charge in [0.25, 0.3) is 0 Å². The van der Waals surface area contributed by atoms with E-state index in [2.05, 4.69) is 24.3 Å². The molecule has 0 saturated carbocycles. The van der Waals surface area contributed by atoms with E-state index in [4.69, 9.17) is 4.74 Å². The summed E-state index contributed by atoms with van der Waals surface area (Å²) in [6.07, 6.45) is 0. The Balaban J connectivity index is 2.59. The lowest BCUT2D eigenvalue weighted by Gasteiger charge is -2.07. The van der Waals surface area contributed by atoms with E-state index < -0.39 is 0 Å². The number of fused-ring (bicyclic) bond motifs is 1. The van der Waals surface area contributed by atoms with Gasteiger partial charge < -0.3 is 4.74 Å². The molecule has 0 saturated heterocycles. The third-order valence-corrected chi connectivity index (χ3v) is 2.23. The normalized spacial score (nSPS) is 10.4. The highest BCUT2D eigenvalue weighted by atomic mass is 16.5. The Kier molecular flexibility index (Phi) is 2.40. The minimum Gasteiger partial charge on any atom is -0.493 e. The summed E-state index contributed by atoms with van der Waals surface area (Å²) in [4.78, 5) is 0. The summed E-state index contributed by atoms with van der Waals surface area (Å²) in [5.41, 5.74) is 1.14. The molecule has 0 aromatic heterocycles. The largest absolute Gasteiger partial charge is 0.493 e. The molecule has 1 radical (unpaired) electrons. The molecule has 2 aromatic carbocycles. The van der Waals surface area contributed by atoms with Gasteiger partial charge in [-0.1, -0.05) is 24.3 Å². The quantitative estimate of drug-likeness (QED) is 0.697. The van der Waals surface area contributed by atoms with E-state index in [-0.39, 0.29) is 0 Å². The molecule has 0 aliphatic heterocycles. The van der Waals surface area contributed by atoms with Crippen molar-refractivity contribution in [1.82, 2.24) is 0 Å². The molecule has 0 bridgehead atoms. The Hall–Kier alpha value is -1.50. The van der Waals surface area contributed by atoms with E-state index in [1.807, 2.05) is 26.0 Å². The molecule has 0 heterocycles. The molecule has 0 fully saturated rings. The van der Waals surface area contributed by atoms with Crippen LogP contribution in [0.15, 0.2) is 30.3 Å². The molecule has 0 atom stereocenters. The van der Waals surface area contributed by atoms with Crippen LogP contribution in [0.25, 0.3) is 10.8 Å². The molecule has 0 aliphatic rings. The highest BCUT2D eigenvalue weighted by Crippen LogP contribution is 2.24. The lowest BCUT2D eigenvalue weighted by molar-refractivity contribution is 0.337. The van der Waals surface area contributed by atoms with Gasteiger partial charge >= 0.3 is 0 Å². The van der Waals surface area contributed by atoms with E-state index in [1.54, 1.807) is 0 Å². The number of benzene rings is 2. The summed E-state index contributed by atoms with van der Waals surface area (Å²) < 4.78 is 5.49. The van der Waals surface area contributed by atoms with Crippen molar-refractivity contribution >= 4 is 10.8 Å². The smallest absolute Gasteiger partial charge is 0.130 e. The van der Waals surface area contributed by atoms with Crippen molar-refractivity contribution < 1.29 is 4.74 Å². The maximum Gasteiger partial charge on any atom is 0.130 e. The molecule has 71 valence electrons. The fraction of sp³-hybridized carbons (Fsp3) is 0.231. The Labute approximate surface area is 84.3 Å². The van der Waals surface area contributed by atoms with Crippen LogP contribution >= 0.6 is 0 Å². The molecule has 1 nitrogen and oxygen atoms in total. The molecule has 14 heavy (non-hydrogen) atoms. The summed E-state index contributed by atoms with van der Waals surface area (Å²) in [5.74, 6) is 0.867. The predicted octanol–water partition coefficient (Wildman–Crippen LogP) is 3.35. The summed E-state index contributed by atoms with van der Waals surface area (Å²) in [7, 11) is 0. The van der Waals surface area contributed by atoms with Crippen LogP contribution in [0.4, 0.5) is 0 Å². The van der Waals surface area contributed by atoms with Crippen LogP contribution in [0.1, 0.15) is 12.5 Å². The van der Waals surface area contributed by atoms with E-state index in [0.717, 1.165) is 16.7 Å². The minimum absolute atomic E-state index is 0.690. The van der Waals surface area contributed by atoms with Gasteiger partial charge in [-0.2, -0.15) is 0 Å². The van der Waals surface area contributed by atoms with Crippen LogP contribution < -0.4 is 4.74 Å². The van der Waals surface area contributed by atoms with Crippen molar-refractivity contribution in [1.29, 1.82) is 0 Å². The Morgan fingerprint density at radius 2 is 2.07 bits per heavy atom. The van der Waals surface area contributed by atoms with Gasteiger partial charge in [-0.3, -0.25) is 0 Å². The van der Waals surface area contributed by atoms with Crippen LogP contribution in [0.3, 0.4) is 0 Å². The maximum absolute atomic E-state index is 5.49. The summed E-state index contributed by atoms with van der Waals surface area (Å²) >= 11 is 0. The fourth-order valence-corrected chi connectivity index (χ4v) is 1.55. The van der Waals surface area contributed by atoms with Gasteiger partial charge in [0.1, 0.15) is 5.75 Å². The molecule has 0 aliphatic carbocycles. The van der Waals surface area contributed by atoms with Gasteiger partial charge in [-0.15, -0.1) is 0 Å². The fourth-order valence-electron chi connectivity index (χ4n) is 1.55. The first kappa shape index (κ1) is 9.07. The van der Waals surface area contributed by atoms with Gasteiger partial charge in [0.2, 0.25) is 0 Å². The molecule has 0 spiro atoms. The van der Waals surface area contributed by atoms with Crippen LogP contribution in [-0.4, -0.2) is 6.61 Å². The summed E-state index contributed by atoms with van der Waals surface area (Å²) in [6, 6.07) is 13.6. The Morgan fingerprint density at radius 3 is 2.86 bits per heavy atom. The number of aryl methyl sites for hydroxylation is 1. The zero-order chi connectivity index (χ0) is 9.97. The molecule has 2 rings (SSSR count). The monoisotopic (exact) mass is 185 g/mol. The molecule has 2 aromatic rings. The highest BCUT2D eigenvalue weighted by Gasteiger charge is 2.01. The SMILES string of the molecule is CCOc1[c]c2ccccc2cc1C. The summed E-state index contributed by atoms with van der Waals surface area (Å²) in [5, 5.41) is 2.33. The van der Waals surface area contributed by atoms with Gasteiger partial charge in [-0.05, 0) is 36.2 Å². The van der Waals surface area contributed by atoms with E-state index in [0.29, 0.717) is 6.61 Å². The van der Waals surface area contributed by atoms with Gasteiger partial charge in [0, 0.05) is 6.07 Å². The average Bonchev–Trinajstić information content (AvgIpc) is 2.19. The standard InChI is InChI=1S/C13H13O/c1-3-14-13-9-12-7-5-4-6-11(12)8-10(13)2/h4-8H,3H2,1-2H3. The minimum atomic E-state index is 0.690. The lowest BCUT2D eigenvalue weighted by atomic mass is 10.1. The van der Waals surface area contributed by atoms with Crippen molar-refractivity contribution in [2.24, 2.45) is 0 Å². The van der Waals surface area contributed by atoms with Gasteiger partial charge in [-0.25, -0.2) is 0 Å². The Bertz CT molecular complexity index is 446. The number of hydrogen-bond acceptors (Lipinski definition) is 1. The van der Waals surface area contributed by atoms with Crippen LogP contribution in [0.2, 0.25) is 0 Å². The number of ether oxygens (including phenoxy) is 1. The Morgan fingerprint density at radius 1 is 1.29 bits per heavy atom. The zero-order valence-electron chi connectivity index (χ0n) is 8.50. The van der Waals surface area contributed by atoms with Gasteiger partial charge in [0.15, 0.2) is 0 Å². The summed E-state index contributed by atoms with van der Waals surface area (Å²) in [6.45, 7) is 4.73. The predicted molar refractivity (Wildman–Crippen MR) is 58.7 cm³/mol. The molecule has 1 heteroatoms. The van der Waals surface area contributed by atoms with E-state index in [1.165, 1.54) is 5.39 Å². The average molecular weight is 185 g/mol. The van der Waals surface area contributed by atoms with Crippen molar-refractivity contribution in [3.8, 4) is 5.75 Å². The van der Waals surface area contributed by atoms with Crippen molar-refractivity contribution in [2.45, 2.75) is 13.8 Å². The van der Waals surface area contributed by atoms with Gasteiger partial charge in [0.05, 0.1) is 6.61 Å². The lowest BCUT2D eigenvalue weighted by Crippen LogP contribution is -1.94. The third kappa shape index (κ3) is 1.58. The second kappa shape index (κ2) is 3.70. The van der Waals surface area contributed by atoms with Crippen LogP contribution in [-0.2, 0) is 0 Å². The van der Waals surface area contributed by atoms with E-state index >= 15 is 0 Å². The number of hydrogen-bond donors (Lipinski definition) is 0. The maximum atomic E-state index is 5.49. The first-order chi connectivity index (χ1) is 6.81. The molecular formula is C13H13O.